The van der Waals surface area contributed by atoms with E-state index in [1.165, 1.54) is 16.2 Å². The molecule has 0 fully saturated rings. The Hall–Kier alpha value is -3.22. The van der Waals surface area contributed by atoms with Gasteiger partial charge in [-0.25, -0.2) is 9.78 Å². The summed E-state index contributed by atoms with van der Waals surface area (Å²) in [4.78, 5) is 40.2. The number of aryl methyl sites for hydroxylation is 1. The molecule has 0 atom stereocenters. The molecule has 0 saturated carbocycles. The van der Waals surface area contributed by atoms with E-state index in [1.807, 2.05) is 0 Å². The first-order chi connectivity index (χ1) is 11.5. The predicted molar refractivity (Wildman–Crippen MR) is 88.1 cm³/mol. The molecule has 0 bridgehead atoms. The molecule has 1 aromatic carbocycles. The van der Waals surface area contributed by atoms with E-state index >= 15 is 0 Å². The van der Waals surface area contributed by atoms with E-state index < -0.39 is 17.1 Å². The third kappa shape index (κ3) is 2.60. The van der Waals surface area contributed by atoms with Gasteiger partial charge in [-0.2, -0.15) is 0 Å². The van der Waals surface area contributed by atoms with Gasteiger partial charge in [0.1, 0.15) is 0 Å². The molecule has 122 valence electrons. The number of methoxy groups -OCH3 is 1. The Balaban J connectivity index is 2.09. The molecule has 3 rings (SSSR count). The molecule has 7 heteroatoms. The van der Waals surface area contributed by atoms with Gasteiger partial charge in [-0.3, -0.25) is 14.2 Å². The van der Waals surface area contributed by atoms with E-state index in [4.69, 9.17) is 0 Å². The van der Waals surface area contributed by atoms with E-state index in [0.29, 0.717) is 16.7 Å². The summed E-state index contributed by atoms with van der Waals surface area (Å²) in [6, 6.07) is 10.1. The lowest BCUT2D eigenvalue weighted by Gasteiger charge is -2.11. The summed E-state index contributed by atoms with van der Waals surface area (Å²) in [5, 5.41) is 0. The van der Waals surface area contributed by atoms with Crippen LogP contribution in [0.3, 0.4) is 0 Å². The maximum absolute atomic E-state index is 12.3. The van der Waals surface area contributed by atoms with Crippen molar-refractivity contribution >= 4 is 17.1 Å². The van der Waals surface area contributed by atoms with Crippen LogP contribution in [0.25, 0.3) is 11.2 Å². The Morgan fingerprint density at radius 2 is 1.83 bits per heavy atom. The summed E-state index contributed by atoms with van der Waals surface area (Å²) in [6.07, 6.45) is 1.57. The normalized spacial score (nSPS) is 10.8. The van der Waals surface area contributed by atoms with E-state index in [2.05, 4.69) is 9.72 Å². The van der Waals surface area contributed by atoms with Crippen molar-refractivity contribution in [1.29, 1.82) is 0 Å². The van der Waals surface area contributed by atoms with Crippen LogP contribution in [-0.2, 0) is 18.3 Å². The van der Waals surface area contributed by atoms with Crippen LogP contribution in [0, 0.1) is 0 Å². The quantitative estimate of drug-likeness (QED) is 0.528. The first-order valence-corrected chi connectivity index (χ1v) is 7.24. The third-order valence-electron chi connectivity index (χ3n) is 3.83. The van der Waals surface area contributed by atoms with Gasteiger partial charge in [-0.05, 0) is 29.8 Å². The van der Waals surface area contributed by atoms with Crippen LogP contribution in [0.4, 0.5) is 0 Å². The number of carbonyl (C=O) groups excluding carboxylic acids is 1. The van der Waals surface area contributed by atoms with Gasteiger partial charge in [0.15, 0.2) is 5.65 Å². The Kier molecular flexibility index (Phi) is 3.99. The maximum atomic E-state index is 12.3. The Morgan fingerprint density at radius 3 is 2.50 bits per heavy atom. The zero-order chi connectivity index (χ0) is 17.3. The fourth-order valence-electron chi connectivity index (χ4n) is 2.52. The highest BCUT2D eigenvalue weighted by atomic mass is 16.5. The highest BCUT2D eigenvalue weighted by Gasteiger charge is 2.12. The summed E-state index contributed by atoms with van der Waals surface area (Å²) in [5.41, 5.74) is 0.947. The molecule has 24 heavy (non-hydrogen) atoms. The Morgan fingerprint density at radius 1 is 1.12 bits per heavy atom. The number of carbonyl (C=O) groups is 1. The van der Waals surface area contributed by atoms with Crippen molar-refractivity contribution in [3.8, 4) is 0 Å². The first kappa shape index (κ1) is 15.7. The van der Waals surface area contributed by atoms with Crippen LogP contribution in [0.5, 0.6) is 0 Å². The summed E-state index contributed by atoms with van der Waals surface area (Å²) >= 11 is 0. The lowest BCUT2D eigenvalue weighted by Crippen LogP contribution is -2.41. The molecule has 0 radical (unpaired) electrons. The van der Waals surface area contributed by atoms with Crippen LogP contribution in [-0.4, -0.2) is 27.2 Å². The van der Waals surface area contributed by atoms with Crippen LogP contribution in [0.1, 0.15) is 15.9 Å². The summed E-state index contributed by atoms with van der Waals surface area (Å²) < 4.78 is 7.28. The molecule has 0 N–H and O–H groups in total. The van der Waals surface area contributed by atoms with Crippen LogP contribution in [0.2, 0.25) is 0 Å². The largest absolute Gasteiger partial charge is 0.465 e. The number of ether oxygens (including phenoxy) is 1. The van der Waals surface area contributed by atoms with E-state index in [-0.39, 0.29) is 6.54 Å². The van der Waals surface area contributed by atoms with Gasteiger partial charge in [-0.15, -0.1) is 0 Å². The number of pyridine rings is 1. The molecule has 0 aliphatic heterocycles. The Bertz CT molecular complexity index is 1030. The zero-order valence-electron chi connectivity index (χ0n) is 13.2. The second-order valence-corrected chi connectivity index (χ2v) is 5.29. The van der Waals surface area contributed by atoms with Crippen molar-refractivity contribution < 1.29 is 9.53 Å². The minimum absolute atomic E-state index is 0.184. The molecule has 0 aliphatic carbocycles. The number of benzene rings is 1. The molecule has 3 aromatic rings. The number of fused-ring (bicyclic) bond motifs is 1. The molecule has 2 heterocycles. The molecular weight excluding hydrogens is 310 g/mol. The number of hydrogen-bond acceptors (Lipinski definition) is 5. The second-order valence-electron chi connectivity index (χ2n) is 5.29. The molecule has 0 saturated heterocycles. The molecule has 0 amide bonds. The van der Waals surface area contributed by atoms with Crippen LogP contribution < -0.4 is 11.1 Å². The summed E-state index contributed by atoms with van der Waals surface area (Å²) in [5.74, 6) is -0.431. The zero-order valence-corrected chi connectivity index (χ0v) is 13.2. The smallest absolute Gasteiger partial charge is 0.337 e. The second kappa shape index (κ2) is 6.11. The average Bonchev–Trinajstić information content (AvgIpc) is 2.63. The van der Waals surface area contributed by atoms with E-state index in [1.54, 1.807) is 49.6 Å². The highest BCUT2D eigenvalue weighted by Crippen LogP contribution is 2.10. The fourth-order valence-corrected chi connectivity index (χ4v) is 2.52. The average molecular weight is 325 g/mol. The van der Waals surface area contributed by atoms with Gasteiger partial charge in [-0.1, -0.05) is 12.1 Å². The number of rotatable bonds is 3. The van der Waals surface area contributed by atoms with Crippen molar-refractivity contribution in [2.24, 2.45) is 7.05 Å². The molecule has 7 nitrogen and oxygen atoms in total. The number of nitrogens with zero attached hydrogens (tertiary/aromatic N) is 3. The van der Waals surface area contributed by atoms with Gasteiger partial charge >= 0.3 is 17.1 Å². The fraction of sp³-hybridized carbons (Fsp3) is 0.176. The first-order valence-electron chi connectivity index (χ1n) is 7.24. The van der Waals surface area contributed by atoms with Gasteiger partial charge in [0.2, 0.25) is 0 Å². The number of esters is 1. The molecule has 0 aliphatic rings. The van der Waals surface area contributed by atoms with Crippen molar-refractivity contribution in [2.45, 2.75) is 6.54 Å². The van der Waals surface area contributed by atoms with Crippen molar-refractivity contribution in [2.75, 3.05) is 7.11 Å². The minimum Gasteiger partial charge on any atom is -0.465 e. The maximum Gasteiger partial charge on any atom is 0.337 e. The molecule has 2 aromatic heterocycles. The SMILES string of the molecule is COC(=O)c1ccc(Cn2c(=O)c(=O)n(C)c3cccnc32)cc1. The van der Waals surface area contributed by atoms with Gasteiger partial charge < -0.3 is 9.30 Å². The lowest BCUT2D eigenvalue weighted by molar-refractivity contribution is 0.0600. The van der Waals surface area contributed by atoms with Crippen LogP contribution in [0.15, 0.2) is 52.2 Å². The molecule has 0 unspecified atom stereocenters. The monoisotopic (exact) mass is 325 g/mol. The minimum atomic E-state index is -0.638. The summed E-state index contributed by atoms with van der Waals surface area (Å²) in [7, 11) is 2.86. The Labute approximate surface area is 136 Å². The topological polar surface area (TPSA) is 83.2 Å². The standard InChI is InChI=1S/C17H15N3O4/c1-19-13-4-3-9-18-14(13)20(16(22)15(19)21)10-11-5-7-12(8-6-11)17(23)24-2/h3-9H,10H2,1-2H3. The highest BCUT2D eigenvalue weighted by molar-refractivity contribution is 5.89. The third-order valence-corrected chi connectivity index (χ3v) is 3.83. The van der Waals surface area contributed by atoms with Crippen molar-refractivity contribution in [3.05, 3.63) is 74.4 Å². The van der Waals surface area contributed by atoms with Crippen molar-refractivity contribution in [3.63, 3.8) is 0 Å². The van der Waals surface area contributed by atoms with Crippen LogP contribution >= 0.6 is 0 Å². The number of aromatic nitrogens is 3. The lowest BCUT2D eigenvalue weighted by atomic mass is 10.1. The van der Waals surface area contributed by atoms with Gasteiger partial charge in [0.05, 0.1) is 24.7 Å². The predicted octanol–water partition coefficient (Wildman–Crippen LogP) is 0.930. The summed E-state index contributed by atoms with van der Waals surface area (Å²) in [6.45, 7) is 0.184. The van der Waals surface area contributed by atoms with Gasteiger partial charge in [0.25, 0.3) is 0 Å². The van der Waals surface area contributed by atoms with Crippen molar-refractivity contribution in [1.82, 2.24) is 14.1 Å². The number of hydrogen-bond donors (Lipinski definition) is 0. The molecular formula is C17H15N3O4. The van der Waals surface area contributed by atoms with E-state index in [9.17, 15) is 14.4 Å². The van der Waals surface area contributed by atoms with Gasteiger partial charge in [0, 0.05) is 13.2 Å². The van der Waals surface area contributed by atoms with E-state index in [0.717, 1.165) is 5.56 Å². The molecule has 0 spiro atoms.